The summed E-state index contributed by atoms with van der Waals surface area (Å²) >= 11 is 0. The Kier molecular flexibility index (Phi) is 12.0. The van der Waals surface area contributed by atoms with Gasteiger partial charge < -0.3 is 19.1 Å². The third kappa shape index (κ3) is 8.97. The van der Waals surface area contributed by atoms with E-state index in [0.717, 1.165) is 93.7 Å². The zero-order valence-corrected chi connectivity index (χ0v) is 33.3. The highest BCUT2D eigenvalue weighted by atomic mass is 32.2. The van der Waals surface area contributed by atoms with Gasteiger partial charge in [-0.1, -0.05) is 51.4 Å². The van der Waals surface area contributed by atoms with Crippen LogP contribution in [0.2, 0.25) is 0 Å². The topological polar surface area (TPSA) is 158 Å². The van der Waals surface area contributed by atoms with Gasteiger partial charge in [0.1, 0.15) is 23.4 Å². The molecular weight excluding hydrogens is 723 g/mol. The summed E-state index contributed by atoms with van der Waals surface area (Å²) in [6, 6.07) is 4.79. The summed E-state index contributed by atoms with van der Waals surface area (Å²) in [5.41, 5.74) is 0.531. The molecule has 5 atom stereocenters. The monoisotopic (exact) mass is 779 g/mol. The molecule has 1 aromatic heterocycles. The minimum absolute atomic E-state index is 0.0735. The molecule has 7 rings (SSSR count). The molecule has 5 aliphatic rings. The molecule has 300 valence electrons. The highest BCUT2D eigenvalue weighted by Gasteiger charge is 2.62. The number of ether oxygens (including phenoxy) is 3. The number of methoxy groups -OCH3 is 2. The van der Waals surface area contributed by atoms with Crippen LogP contribution in [-0.4, -0.2) is 79.8 Å². The first-order valence-corrected chi connectivity index (χ1v) is 22.2. The molecule has 12 nitrogen and oxygen atoms in total. The Balaban J connectivity index is 1.24. The molecule has 0 radical (unpaired) electrons. The van der Waals surface area contributed by atoms with Gasteiger partial charge in [-0.25, -0.2) is 13.4 Å². The molecule has 0 unspecified atom stereocenters. The standard InChI is InChI=1S/C42H57N3O9S/c1-52-37-22-34-33-20-27(37)13-9-5-4-8-12-16-30(46)19-28-14-10-6-3-7-11-15-29-24-42(29,41(49)44-55(50,51)32-17-18-32)25-36(47)35-21-31(26-45(35)40(28)48)54-38(33)23-39(43-34)53-2/h20,22-23,28-29,31-32,35H,3-19,21,24-26H2,1-2H3,(H,44,49)/t28-,29+,31-,35+,42-/m1/s1. The first kappa shape index (κ1) is 39.5. The number of amides is 2. The largest absolute Gasteiger partial charge is 0.496 e. The van der Waals surface area contributed by atoms with Crippen molar-refractivity contribution in [2.45, 2.75) is 146 Å². The molecule has 4 fully saturated rings. The number of fused-ring (bicyclic) bond motifs is 4. The lowest BCUT2D eigenvalue weighted by molar-refractivity contribution is -0.143. The van der Waals surface area contributed by atoms with Crippen LogP contribution >= 0.6 is 0 Å². The molecule has 3 aliphatic heterocycles. The van der Waals surface area contributed by atoms with Crippen molar-refractivity contribution in [3.8, 4) is 17.4 Å². The lowest BCUT2D eigenvalue weighted by atomic mass is 9.89. The average molecular weight is 780 g/mol. The van der Waals surface area contributed by atoms with Crippen LogP contribution < -0.4 is 18.9 Å². The van der Waals surface area contributed by atoms with Crippen LogP contribution in [0.1, 0.15) is 128 Å². The second kappa shape index (κ2) is 16.8. The molecule has 2 aromatic rings. The summed E-state index contributed by atoms with van der Waals surface area (Å²) < 4.78 is 46.3. The van der Waals surface area contributed by atoms with E-state index in [0.29, 0.717) is 49.3 Å². The first-order valence-electron chi connectivity index (χ1n) is 20.6. The second-order valence-corrected chi connectivity index (χ2v) is 18.7. The lowest BCUT2D eigenvalue weighted by Gasteiger charge is -2.29. The highest BCUT2D eigenvalue weighted by Crippen LogP contribution is 2.59. The number of hydrogen-bond acceptors (Lipinski definition) is 10. The van der Waals surface area contributed by atoms with Gasteiger partial charge in [0.05, 0.1) is 43.0 Å². The van der Waals surface area contributed by atoms with Gasteiger partial charge in [0, 0.05) is 49.1 Å². The minimum Gasteiger partial charge on any atom is -0.496 e. The quantitative estimate of drug-likeness (QED) is 0.361. The number of ketones is 2. The van der Waals surface area contributed by atoms with E-state index in [2.05, 4.69) is 15.8 Å². The van der Waals surface area contributed by atoms with Crippen molar-refractivity contribution < 1.29 is 41.8 Å². The number of nitrogens with one attached hydrogen (secondary N) is 1. The zero-order chi connectivity index (χ0) is 38.7. The molecule has 2 saturated heterocycles. The number of pyridine rings is 1. The van der Waals surface area contributed by atoms with Crippen LogP contribution in [0.5, 0.6) is 17.4 Å². The molecule has 5 bridgehead atoms. The maximum atomic E-state index is 14.7. The number of benzene rings is 1. The fourth-order valence-electron chi connectivity index (χ4n) is 9.30. The Morgan fingerprint density at radius 3 is 2.33 bits per heavy atom. The molecule has 13 heteroatoms. The van der Waals surface area contributed by atoms with Crippen molar-refractivity contribution in [1.82, 2.24) is 14.6 Å². The Hall–Kier alpha value is -3.74. The van der Waals surface area contributed by atoms with Gasteiger partial charge in [-0.2, -0.15) is 0 Å². The van der Waals surface area contributed by atoms with E-state index in [1.54, 1.807) is 18.1 Å². The third-order valence-electron chi connectivity index (χ3n) is 12.8. The Morgan fingerprint density at radius 1 is 0.891 bits per heavy atom. The molecular formula is C42H57N3O9S. The second-order valence-electron chi connectivity index (χ2n) is 16.8. The van der Waals surface area contributed by atoms with E-state index in [9.17, 15) is 27.6 Å². The number of rotatable bonds is 5. The van der Waals surface area contributed by atoms with Crippen LogP contribution in [-0.2, 0) is 35.6 Å². The van der Waals surface area contributed by atoms with Crippen LogP contribution in [0.25, 0.3) is 10.9 Å². The fourth-order valence-corrected chi connectivity index (χ4v) is 10.7. The van der Waals surface area contributed by atoms with E-state index in [4.69, 9.17) is 14.2 Å². The highest BCUT2D eigenvalue weighted by molar-refractivity contribution is 7.90. The Labute approximate surface area is 324 Å². The van der Waals surface area contributed by atoms with E-state index in [1.165, 1.54) is 7.11 Å². The molecule has 2 aliphatic carbocycles. The van der Waals surface area contributed by atoms with Crippen molar-refractivity contribution in [3.63, 3.8) is 0 Å². The van der Waals surface area contributed by atoms with Crippen molar-refractivity contribution >= 4 is 44.3 Å². The van der Waals surface area contributed by atoms with Crippen molar-refractivity contribution in [3.05, 3.63) is 23.8 Å². The number of carbonyl (C=O) groups is 4. The summed E-state index contributed by atoms with van der Waals surface area (Å²) in [6.07, 6.45) is 12.9. The van der Waals surface area contributed by atoms with Gasteiger partial charge in [0.25, 0.3) is 0 Å². The van der Waals surface area contributed by atoms with Gasteiger partial charge in [-0.05, 0) is 68.9 Å². The molecule has 2 saturated carbocycles. The lowest BCUT2D eigenvalue weighted by Crippen LogP contribution is -2.46. The number of aryl methyl sites for hydroxylation is 1. The van der Waals surface area contributed by atoms with E-state index < -0.39 is 44.7 Å². The average Bonchev–Trinajstić information content (AvgIpc) is 4.09. The Bertz CT molecular complexity index is 1900. The van der Waals surface area contributed by atoms with Gasteiger partial charge in [-0.15, -0.1) is 0 Å². The number of Topliss-reactive ketones (excluding diaryl/α,β-unsaturated/α-hetero) is 2. The van der Waals surface area contributed by atoms with Crippen LogP contribution in [0.4, 0.5) is 0 Å². The Morgan fingerprint density at radius 2 is 1.60 bits per heavy atom. The van der Waals surface area contributed by atoms with Crippen molar-refractivity contribution in [2.24, 2.45) is 17.3 Å². The van der Waals surface area contributed by atoms with Crippen molar-refractivity contribution in [2.75, 3.05) is 20.8 Å². The van der Waals surface area contributed by atoms with Gasteiger partial charge in [0.15, 0.2) is 5.78 Å². The summed E-state index contributed by atoms with van der Waals surface area (Å²) in [5.74, 6) is -0.0778. The normalized spacial score (nSPS) is 28.9. The number of nitrogens with zero attached hydrogens (tertiary/aromatic N) is 2. The van der Waals surface area contributed by atoms with Crippen molar-refractivity contribution in [1.29, 1.82) is 0 Å². The maximum Gasteiger partial charge on any atom is 0.240 e. The minimum atomic E-state index is -3.81. The molecule has 2 amide bonds. The predicted octanol–water partition coefficient (Wildman–Crippen LogP) is 6.39. The fraction of sp³-hybridized carbons (Fsp3) is 0.690. The summed E-state index contributed by atoms with van der Waals surface area (Å²) in [7, 11) is -0.628. The SMILES string of the molecule is COc1cc2c3cc(c(OC)cc3n1)CCCCCCCC(=O)C[C@H]1CCCCCCC[C@H]3C[C@@]3(C(=O)NS(=O)(=O)C3CC3)CC(=O)[C@@H]3C[C@H](CN3C1=O)O2. The summed E-state index contributed by atoms with van der Waals surface area (Å²) in [5, 5.41) is 0.208. The van der Waals surface area contributed by atoms with Gasteiger partial charge in [-0.3, -0.25) is 23.9 Å². The molecule has 0 spiro atoms. The zero-order valence-electron chi connectivity index (χ0n) is 32.4. The van der Waals surface area contributed by atoms with Crippen LogP contribution in [0, 0.1) is 17.3 Å². The van der Waals surface area contributed by atoms with Gasteiger partial charge in [0.2, 0.25) is 27.7 Å². The van der Waals surface area contributed by atoms with Crippen LogP contribution in [0.3, 0.4) is 0 Å². The molecule has 4 heterocycles. The smallest absolute Gasteiger partial charge is 0.240 e. The summed E-state index contributed by atoms with van der Waals surface area (Å²) in [4.78, 5) is 62.9. The molecule has 55 heavy (non-hydrogen) atoms. The van der Waals surface area contributed by atoms with Gasteiger partial charge >= 0.3 is 0 Å². The predicted molar refractivity (Wildman–Crippen MR) is 206 cm³/mol. The number of sulfonamides is 1. The van der Waals surface area contributed by atoms with E-state index in [-0.39, 0.29) is 49.2 Å². The first-order chi connectivity index (χ1) is 26.5. The number of carbonyl (C=O) groups excluding carboxylic acids is 4. The molecule has 1 aromatic carbocycles. The summed E-state index contributed by atoms with van der Waals surface area (Å²) in [6.45, 7) is 0.133. The van der Waals surface area contributed by atoms with Crippen LogP contribution in [0.15, 0.2) is 18.2 Å². The van der Waals surface area contributed by atoms with E-state index in [1.807, 2.05) is 6.07 Å². The molecule has 1 N–H and O–H groups in total. The number of aromatic nitrogens is 1. The number of hydrogen-bond donors (Lipinski definition) is 1. The maximum absolute atomic E-state index is 14.7. The third-order valence-corrected chi connectivity index (χ3v) is 14.6. The van der Waals surface area contributed by atoms with E-state index >= 15 is 0 Å².